The van der Waals surface area contributed by atoms with Gasteiger partial charge in [-0.25, -0.2) is 0 Å². The molecular formula is C21H31ClN2O3. The number of hydrogen-bond acceptors (Lipinski definition) is 4. The van der Waals surface area contributed by atoms with Crippen molar-refractivity contribution in [3.05, 3.63) is 23.8 Å². The highest BCUT2D eigenvalue weighted by Crippen LogP contribution is 2.42. The summed E-state index contributed by atoms with van der Waals surface area (Å²) in [7, 11) is 0. The van der Waals surface area contributed by atoms with Crippen LogP contribution in [-0.2, 0) is 4.79 Å². The van der Waals surface area contributed by atoms with Crippen molar-refractivity contribution in [1.29, 1.82) is 0 Å². The van der Waals surface area contributed by atoms with Gasteiger partial charge < -0.3 is 20.5 Å². The monoisotopic (exact) mass is 394 g/mol. The topological polar surface area (TPSA) is 73.6 Å². The van der Waals surface area contributed by atoms with Crippen molar-refractivity contribution < 1.29 is 14.3 Å². The van der Waals surface area contributed by atoms with Crippen LogP contribution in [0.5, 0.6) is 11.5 Å². The van der Waals surface area contributed by atoms with Crippen LogP contribution < -0.4 is 20.5 Å². The number of ether oxygens (including phenoxy) is 2. The van der Waals surface area contributed by atoms with Crippen LogP contribution in [-0.4, -0.2) is 25.2 Å². The van der Waals surface area contributed by atoms with E-state index in [0.29, 0.717) is 31.1 Å². The first-order valence-electron chi connectivity index (χ1n) is 10.1. The molecule has 3 unspecified atom stereocenters. The highest BCUT2D eigenvalue weighted by Gasteiger charge is 2.40. The molecule has 2 aliphatic carbocycles. The SMILES string of the molecule is CCC(NC(=O)C1CC2CCCC(C1)C2N)c1ccc2c(c1)OCCO2.Cl. The summed E-state index contributed by atoms with van der Waals surface area (Å²) in [5.41, 5.74) is 7.45. The van der Waals surface area contributed by atoms with E-state index in [4.69, 9.17) is 15.2 Å². The van der Waals surface area contributed by atoms with Crippen LogP contribution in [0.4, 0.5) is 0 Å². The van der Waals surface area contributed by atoms with Gasteiger partial charge in [0, 0.05) is 12.0 Å². The second-order valence-electron chi connectivity index (χ2n) is 8.07. The van der Waals surface area contributed by atoms with Crippen LogP contribution in [0.1, 0.15) is 57.1 Å². The second-order valence-corrected chi connectivity index (χ2v) is 8.07. The zero-order chi connectivity index (χ0) is 18.1. The molecule has 0 aromatic heterocycles. The maximum Gasteiger partial charge on any atom is 0.223 e. The van der Waals surface area contributed by atoms with Crippen LogP contribution in [0.15, 0.2) is 18.2 Å². The molecule has 3 atom stereocenters. The fourth-order valence-corrected chi connectivity index (χ4v) is 4.99. The number of nitrogens with two attached hydrogens (primary N) is 1. The summed E-state index contributed by atoms with van der Waals surface area (Å²) < 4.78 is 11.3. The van der Waals surface area contributed by atoms with Crippen molar-refractivity contribution in [2.75, 3.05) is 13.2 Å². The Hall–Kier alpha value is -1.46. The molecule has 2 saturated carbocycles. The van der Waals surface area contributed by atoms with Crippen LogP contribution >= 0.6 is 12.4 Å². The van der Waals surface area contributed by atoms with E-state index in [1.54, 1.807) is 0 Å². The van der Waals surface area contributed by atoms with E-state index >= 15 is 0 Å². The van der Waals surface area contributed by atoms with E-state index < -0.39 is 0 Å². The molecule has 3 aliphatic rings. The molecule has 5 nitrogen and oxygen atoms in total. The Balaban J connectivity index is 0.00000210. The summed E-state index contributed by atoms with van der Waals surface area (Å²) in [6.07, 6.45) is 6.38. The Kier molecular flexibility index (Phi) is 6.53. The van der Waals surface area contributed by atoms with Gasteiger partial charge in [-0.2, -0.15) is 0 Å². The van der Waals surface area contributed by atoms with Crippen LogP contribution in [0, 0.1) is 17.8 Å². The van der Waals surface area contributed by atoms with Gasteiger partial charge in [0.2, 0.25) is 5.91 Å². The summed E-state index contributed by atoms with van der Waals surface area (Å²) in [6, 6.07) is 6.30. The molecule has 1 aromatic rings. The fourth-order valence-electron chi connectivity index (χ4n) is 4.99. The lowest BCUT2D eigenvalue weighted by molar-refractivity contribution is -0.128. The average molecular weight is 395 g/mol. The third-order valence-electron chi connectivity index (χ3n) is 6.48. The molecule has 27 heavy (non-hydrogen) atoms. The first-order valence-corrected chi connectivity index (χ1v) is 10.1. The van der Waals surface area contributed by atoms with Gasteiger partial charge in [-0.05, 0) is 61.6 Å². The van der Waals surface area contributed by atoms with Gasteiger partial charge in [-0.1, -0.05) is 19.4 Å². The number of hydrogen-bond donors (Lipinski definition) is 2. The average Bonchev–Trinajstić information content (AvgIpc) is 2.65. The number of amides is 1. The molecule has 2 fully saturated rings. The van der Waals surface area contributed by atoms with E-state index in [1.165, 1.54) is 19.3 Å². The second kappa shape index (κ2) is 8.70. The van der Waals surface area contributed by atoms with Crippen molar-refractivity contribution in [1.82, 2.24) is 5.32 Å². The Morgan fingerprint density at radius 2 is 1.85 bits per heavy atom. The Morgan fingerprint density at radius 3 is 2.52 bits per heavy atom. The molecule has 0 radical (unpaired) electrons. The third-order valence-corrected chi connectivity index (χ3v) is 6.48. The summed E-state index contributed by atoms with van der Waals surface area (Å²) in [6.45, 7) is 3.27. The number of rotatable bonds is 4. The van der Waals surface area contributed by atoms with Crippen molar-refractivity contribution in [2.45, 2.75) is 57.5 Å². The van der Waals surface area contributed by atoms with Crippen molar-refractivity contribution in [3.63, 3.8) is 0 Å². The molecule has 2 bridgehead atoms. The summed E-state index contributed by atoms with van der Waals surface area (Å²) in [5, 5.41) is 3.29. The van der Waals surface area contributed by atoms with E-state index in [-0.39, 0.29) is 30.3 Å². The van der Waals surface area contributed by atoms with Gasteiger partial charge in [0.05, 0.1) is 6.04 Å². The van der Waals surface area contributed by atoms with Crippen molar-refractivity contribution in [3.8, 4) is 11.5 Å². The van der Waals surface area contributed by atoms with Gasteiger partial charge >= 0.3 is 0 Å². The Bertz CT molecular complexity index is 655. The summed E-state index contributed by atoms with van der Waals surface area (Å²) in [4.78, 5) is 13.0. The van der Waals surface area contributed by atoms with E-state index in [9.17, 15) is 4.79 Å². The highest BCUT2D eigenvalue weighted by atomic mass is 35.5. The van der Waals surface area contributed by atoms with Gasteiger partial charge in [-0.3, -0.25) is 4.79 Å². The number of carbonyl (C=O) groups excluding carboxylic acids is 1. The van der Waals surface area contributed by atoms with E-state index in [1.807, 2.05) is 18.2 Å². The van der Waals surface area contributed by atoms with E-state index in [0.717, 1.165) is 36.3 Å². The molecule has 150 valence electrons. The molecule has 0 spiro atoms. The third kappa shape index (κ3) is 4.19. The van der Waals surface area contributed by atoms with Crippen molar-refractivity contribution in [2.24, 2.45) is 23.5 Å². The first-order chi connectivity index (χ1) is 12.7. The smallest absolute Gasteiger partial charge is 0.223 e. The summed E-state index contributed by atoms with van der Waals surface area (Å²) in [5.74, 6) is 2.90. The number of fused-ring (bicyclic) bond motifs is 3. The van der Waals surface area contributed by atoms with Crippen LogP contribution in [0.2, 0.25) is 0 Å². The Morgan fingerprint density at radius 1 is 1.19 bits per heavy atom. The molecule has 1 aliphatic heterocycles. The quantitative estimate of drug-likeness (QED) is 0.818. The standard InChI is InChI=1S/C21H30N2O3.ClH/c1-2-17(13-6-7-18-19(12-13)26-9-8-25-18)23-21(24)16-10-14-4-3-5-15(11-16)20(14)22;/h6-7,12,14-17,20H,2-5,8-11,22H2,1H3,(H,23,24);1H. The van der Waals surface area contributed by atoms with Gasteiger partial charge in [-0.15, -0.1) is 12.4 Å². The normalized spacial score (nSPS) is 30.0. The summed E-state index contributed by atoms with van der Waals surface area (Å²) >= 11 is 0. The minimum atomic E-state index is 0. The van der Waals surface area contributed by atoms with E-state index in [2.05, 4.69) is 12.2 Å². The lowest BCUT2D eigenvalue weighted by atomic mass is 9.65. The maximum atomic E-state index is 13.0. The number of carbonyl (C=O) groups is 1. The molecule has 1 amide bonds. The van der Waals surface area contributed by atoms with Gasteiger partial charge in [0.25, 0.3) is 0 Å². The molecule has 6 heteroatoms. The molecule has 4 rings (SSSR count). The predicted molar refractivity (Wildman–Crippen MR) is 107 cm³/mol. The van der Waals surface area contributed by atoms with Gasteiger partial charge in [0.15, 0.2) is 11.5 Å². The minimum Gasteiger partial charge on any atom is -0.486 e. The number of halogens is 1. The highest BCUT2D eigenvalue weighted by molar-refractivity contribution is 5.85. The largest absolute Gasteiger partial charge is 0.486 e. The predicted octanol–water partition coefficient (Wildman–Crippen LogP) is 3.60. The Labute approximate surface area is 167 Å². The zero-order valence-corrected chi connectivity index (χ0v) is 16.8. The van der Waals surface area contributed by atoms with Crippen LogP contribution in [0.3, 0.4) is 0 Å². The number of benzene rings is 1. The van der Waals surface area contributed by atoms with Crippen LogP contribution in [0.25, 0.3) is 0 Å². The molecule has 1 heterocycles. The minimum absolute atomic E-state index is 0. The molecular weight excluding hydrogens is 364 g/mol. The van der Waals surface area contributed by atoms with Crippen molar-refractivity contribution >= 4 is 18.3 Å². The molecule has 3 N–H and O–H groups in total. The first kappa shape index (κ1) is 20.3. The lowest BCUT2D eigenvalue weighted by Gasteiger charge is -2.43. The zero-order valence-electron chi connectivity index (χ0n) is 16.0. The maximum absolute atomic E-state index is 13.0. The molecule has 1 aromatic carbocycles. The van der Waals surface area contributed by atoms with Gasteiger partial charge in [0.1, 0.15) is 13.2 Å². The lowest BCUT2D eigenvalue weighted by Crippen LogP contribution is -2.49. The fraction of sp³-hybridized carbons (Fsp3) is 0.667. The molecule has 0 saturated heterocycles. The number of nitrogens with one attached hydrogen (secondary N) is 1.